The van der Waals surface area contributed by atoms with Crippen LogP contribution < -0.4 is 0 Å². The Kier molecular flexibility index (Phi) is 4.44. The van der Waals surface area contributed by atoms with Crippen LogP contribution in [0.5, 0.6) is 5.75 Å². The number of halogens is 1. The summed E-state index contributed by atoms with van der Waals surface area (Å²) in [5.41, 5.74) is 2.37. The molecule has 4 nitrogen and oxygen atoms in total. The molecule has 124 valence electrons. The summed E-state index contributed by atoms with van der Waals surface area (Å²) < 4.78 is 13.0. The van der Waals surface area contributed by atoms with Crippen molar-refractivity contribution in [2.24, 2.45) is 0 Å². The predicted molar refractivity (Wildman–Crippen MR) is 92.0 cm³/mol. The van der Waals surface area contributed by atoms with E-state index in [2.05, 4.69) is 11.1 Å². The number of pyridine rings is 1. The summed E-state index contributed by atoms with van der Waals surface area (Å²) in [5, 5.41) is 20.2. The zero-order valence-electron chi connectivity index (χ0n) is 13.6. The van der Waals surface area contributed by atoms with Crippen molar-refractivity contribution in [1.29, 1.82) is 5.26 Å². The first-order valence-electron chi connectivity index (χ1n) is 7.85. The molecule has 1 heterocycles. The van der Waals surface area contributed by atoms with Crippen LogP contribution in [0.15, 0.2) is 42.6 Å². The SMILES string of the molecule is CCC(=O)c1cc(C#N)c2cc(Cc3ccc(F)cc3)cnc2c1O. The Morgan fingerprint density at radius 1 is 1.24 bits per heavy atom. The van der Waals surface area contributed by atoms with E-state index in [1.54, 1.807) is 31.3 Å². The van der Waals surface area contributed by atoms with Crippen LogP contribution in [0.3, 0.4) is 0 Å². The second-order valence-corrected chi connectivity index (χ2v) is 5.75. The Morgan fingerprint density at radius 2 is 1.96 bits per heavy atom. The van der Waals surface area contributed by atoms with Gasteiger partial charge in [0, 0.05) is 18.0 Å². The molecule has 3 aromatic rings. The van der Waals surface area contributed by atoms with Gasteiger partial charge in [-0.2, -0.15) is 5.26 Å². The number of ketones is 1. The van der Waals surface area contributed by atoms with Gasteiger partial charge in [0.15, 0.2) is 11.5 Å². The zero-order chi connectivity index (χ0) is 18.0. The van der Waals surface area contributed by atoms with Crippen molar-refractivity contribution in [2.75, 3.05) is 0 Å². The molecule has 3 rings (SSSR count). The molecule has 0 aliphatic carbocycles. The van der Waals surface area contributed by atoms with Crippen LogP contribution in [0.4, 0.5) is 4.39 Å². The molecule has 0 spiro atoms. The first kappa shape index (κ1) is 16.6. The van der Waals surface area contributed by atoms with Crippen LogP contribution in [-0.4, -0.2) is 15.9 Å². The molecule has 5 heteroatoms. The number of hydrogen-bond donors (Lipinski definition) is 1. The normalized spacial score (nSPS) is 10.6. The first-order valence-corrected chi connectivity index (χ1v) is 7.85. The standard InChI is InChI=1S/C20H15FN2O2/c1-2-18(24)17-9-14(10-22)16-8-13(11-23-19(16)20(17)25)7-12-3-5-15(21)6-4-12/h3-6,8-9,11,25H,2,7H2,1H3. The van der Waals surface area contributed by atoms with Gasteiger partial charge in [0.25, 0.3) is 0 Å². The van der Waals surface area contributed by atoms with E-state index in [4.69, 9.17) is 0 Å². The third-order valence-corrected chi connectivity index (χ3v) is 4.07. The Labute approximate surface area is 144 Å². The third-order valence-electron chi connectivity index (χ3n) is 4.07. The number of carbonyl (C=O) groups excluding carboxylic acids is 1. The van der Waals surface area contributed by atoms with Gasteiger partial charge in [-0.15, -0.1) is 0 Å². The highest BCUT2D eigenvalue weighted by atomic mass is 19.1. The lowest BCUT2D eigenvalue weighted by Crippen LogP contribution is -2.00. The van der Waals surface area contributed by atoms with Gasteiger partial charge in [0.2, 0.25) is 0 Å². The molecule has 0 saturated heterocycles. The average Bonchev–Trinajstić information content (AvgIpc) is 2.63. The minimum absolute atomic E-state index is 0.116. The highest BCUT2D eigenvalue weighted by Gasteiger charge is 2.17. The highest BCUT2D eigenvalue weighted by Crippen LogP contribution is 2.31. The van der Waals surface area contributed by atoms with E-state index in [1.807, 2.05) is 0 Å². The van der Waals surface area contributed by atoms with Gasteiger partial charge in [-0.3, -0.25) is 9.78 Å². The fourth-order valence-corrected chi connectivity index (χ4v) is 2.75. The lowest BCUT2D eigenvalue weighted by Gasteiger charge is -2.10. The molecule has 0 atom stereocenters. The Morgan fingerprint density at radius 3 is 2.60 bits per heavy atom. The number of aromatic hydroxyl groups is 1. The molecule has 25 heavy (non-hydrogen) atoms. The minimum atomic E-state index is -0.301. The van der Waals surface area contributed by atoms with E-state index >= 15 is 0 Å². The lowest BCUT2D eigenvalue weighted by molar-refractivity contribution is 0.0986. The van der Waals surface area contributed by atoms with Crippen LogP contribution in [0.25, 0.3) is 10.9 Å². The molecule has 2 aromatic carbocycles. The predicted octanol–water partition coefficient (Wildman–Crippen LogP) is 4.13. The van der Waals surface area contributed by atoms with Crippen molar-refractivity contribution in [1.82, 2.24) is 4.98 Å². The van der Waals surface area contributed by atoms with Crippen LogP contribution >= 0.6 is 0 Å². The molecular formula is C20H15FN2O2. The largest absolute Gasteiger partial charge is 0.505 e. The van der Waals surface area contributed by atoms with Gasteiger partial charge >= 0.3 is 0 Å². The number of Topliss-reactive ketones (excluding diaryl/α,β-unsaturated/α-hetero) is 1. The summed E-state index contributed by atoms with van der Waals surface area (Å²) in [6, 6.07) is 11.4. The maximum Gasteiger partial charge on any atom is 0.166 e. The minimum Gasteiger partial charge on any atom is -0.505 e. The summed E-state index contributed by atoms with van der Waals surface area (Å²) in [5.74, 6) is -0.743. The molecule has 0 saturated carbocycles. The van der Waals surface area contributed by atoms with Crippen LogP contribution in [0, 0.1) is 17.1 Å². The molecule has 1 N–H and O–H groups in total. The number of phenolic OH excluding ortho intramolecular Hbond substituents is 1. The number of aromatic nitrogens is 1. The summed E-state index contributed by atoms with van der Waals surface area (Å²) in [6.45, 7) is 1.69. The quantitative estimate of drug-likeness (QED) is 0.728. The van der Waals surface area contributed by atoms with Gasteiger partial charge < -0.3 is 5.11 Å². The number of hydrogen-bond acceptors (Lipinski definition) is 4. The summed E-state index contributed by atoms with van der Waals surface area (Å²) in [6.07, 6.45) is 2.34. The Balaban J connectivity index is 2.09. The van der Waals surface area contributed by atoms with Gasteiger partial charge in [-0.1, -0.05) is 19.1 Å². The molecule has 0 fully saturated rings. The summed E-state index contributed by atoms with van der Waals surface area (Å²) in [4.78, 5) is 16.2. The van der Waals surface area contributed by atoms with Crippen molar-refractivity contribution >= 4 is 16.7 Å². The number of rotatable bonds is 4. The second-order valence-electron chi connectivity index (χ2n) is 5.75. The molecule has 0 radical (unpaired) electrons. The van der Waals surface area contributed by atoms with Gasteiger partial charge in [0.05, 0.1) is 17.2 Å². The van der Waals surface area contributed by atoms with E-state index in [-0.39, 0.29) is 40.4 Å². The Bertz CT molecular complexity index is 1000. The van der Waals surface area contributed by atoms with Crippen LogP contribution in [0.1, 0.15) is 40.4 Å². The lowest BCUT2D eigenvalue weighted by atomic mass is 9.98. The third kappa shape index (κ3) is 3.20. The highest BCUT2D eigenvalue weighted by molar-refractivity contribution is 6.05. The summed E-state index contributed by atoms with van der Waals surface area (Å²) in [7, 11) is 0. The van der Waals surface area contributed by atoms with E-state index in [0.717, 1.165) is 11.1 Å². The van der Waals surface area contributed by atoms with Crippen LogP contribution in [-0.2, 0) is 6.42 Å². The number of benzene rings is 2. The summed E-state index contributed by atoms with van der Waals surface area (Å²) >= 11 is 0. The number of carbonyl (C=O) groups is 1. The molecule has 0 aliphatic heterocycles. The molecular weight excluding hydrogens is 319 g/mol. The van der Waals surface area contributed by atoms with Crippen molar-refractivity contribution in [3.63, 3.8) is 0 Å². The fraction of sp³-hybridized carbons (Fsp3) is 0.150. The maximum atomic E-state index is 13.0. The fourth-order valence-electron chi connectivity index (χ4n) is 2.75. The first-order chi connectivity index (χ1) is 12.0. The van der Waals surface area contributed by atoms with Crippen molar-refractivity contribution in [3.8, 4) is 11.8 Å². The van der Waals surface area contributed by atoms with Crippen LogP contribution in [0.2, 0.25) is 0 Å². The topological polar surface area (TPSA) is 74.0 Å². The van der Waals surface area contributed by atoms with E-state index in [0.29, 0.717) is 11.8 Å². The smallest absolute Gasteiger partial charge is 0.166 e. The maximum absolute atomic E-state index is 13.0. The number of nitrogens with zero attached hydrogens (tertiary/aromatic N) is 2. The van der Waals surface area contributed by atoms with Crippen molar-refractivity contribution in [2.45, 2.75) is 19.8 Å². The van der Waals surface area contributed by atoms with Gasteiger partial charge in [-0.05, 0) is 41.8 Å². The number of phenols is 1. The second kappa shape index (κ2) is 6.70. The van der Waals surface area contributed by atoms with Crippen molar-refractivity contribution in [3.05, 3.63) is 70.7 Å². The number of fused-ring (bicyclic) bond motifs is 1. The molecule has 0 amide bonds. The number of nitriles is 1. The molecule has 0 aliphatic rings. The zero-order valence-corrected chi connectivity index (χ0v) is 13.6. The van der Waals surface area contributed by atoms with E-state index in [1.165, 1.54) is 18.2 Å². The molecule has 1 aromatic heterocycles. The van der Waals surface area contributed by atoms with E-state index in [9.17, 15) is 19.6 Å². The molecule has 0 unspecified atom stereocenters. The monoisotopic (exact) mass is 334 g/mol. The average molecular weight is 334 g/mol. The molecule has 0 bridgehead atoms. The van der Waals surface area contributed by atoms with Gasteiger partial charge in [-0.25, -0.2) is 4.39 Å². The Hall–Kier alpha value is -3.26. The van der Waals surface area contributed by atoms with Crippen molar-refractivity contribution < 1.29 is 14.3 Å². The van der Waals surface area contributed by atoms with Gasteiger partial charge in [0.1, 0.15) is 11.3 Å². The van der Waals surface area contributed by atoms with E-state index < -0.39 is 0 Å².